The van der Waals surface area contributed by atoms with Crippen molar-refractivity contribution < 1.29 is 18.7 Å². The number of aldehydes is 1. The van der Waals surface area contributed by atoms with Crippen molar-refractivity contribution in [2.45, 2.75) is 45.8 Å². The molecule has 20 heavy (non-hydrogen) atoms. The first kappa shape index (κ1) is 16.1. The van der Waals surface area contributed by atoms with Gasteiger partial charge in [-0.1, -0.05) is 12.1 Å². The van der Waals surface area contributed by atoms with Gasteiger partial charge in [0.15, 0.2) is 0 Å². The number of ether oxygens (including phenoxy) is 1. The lowest BCUT2D eigenvalue weighted by Crippen LogP contribution is -2.35. The number of hydrogen-bond donors (Lipinski definition) is 1. The second-order valence-corrected chi connectivity index (χ2v) is 5.61. The second-order valence-electron chi connectivity index (χ2n) is 5.61. The molecule has 0 saturated heterocycles. The Hall–Kier alpha value is -1.91. The summed E-state index contributed by atoms with van der Waals surface area (Å²) in [7, 11) is 0. The summed E-state index contributed by atoms with van der Waals surface area (Å²) < 4.78 is 18.7. The number of alkyl carbamates (subject to hydrolysis) is 1. The molecule has 5 heteroatoms. The molecule has 0 unspecified atom stereocenters. The molecule has 1 atom stereocenters. The van der Waals surface area contributed by atoms with Gasteiger partial charge in [-0.05, 0) is 44.9 Å². The van der Waals surface area contributed by atoms with Gasteiger partial charge in [0.2, 0.25) is 0 Å². The van der Waals surface area contributed by atoms with Crippen molar-refractivity contribution in [3.63, 3.8) is 0 Å². The zero-order valence-corrected chi connectivity index (χ0v) is 12.2. The standard InChI is InChI=1S/C15H20FNO3/c1-10-5-6-11(9-12(10)16)13(7-8-18)17-14(19)20-15(2,3)4/h5-6,8-9,13H,7H2,1-4H3,(H,17,19)/t13-/m0/s1. The second kappa shape index (κ2) is 6.50. The Bertz CT molecular complexity index is 494. The lowest BCUT2D eigenvalue weighted by Gasteiger charge is -2.23. The largest absolute Gasteiger partial charge is 0.444 e. The number of halogens is 1. The predicted octanol–water partition coefficient (Wildman–Crippen LogP) is 3.29. The number of nitrogens with one attached hydrogen (secondary N) is 1. The van der Waals surface area contributed by atoms with Gasteiger partial charge < -0.3 is 14.8 Å². The van der Waals surface area contributed by atoms with E-state index in [1.165, 1.54) is 6.07 Å². The van der Waals surface area contributed by atoms with Gasteiger partial charge in [0.25, 0.3) is 0 Å². The third kappa shape index (κ3) is 4.99. The molecule has 1 aromatic rings. The van der Waals surface area contributed by atoms with Crippen molar-refractivity contribution >= 4 is 12.4 Å². The Labute approximate surface area is 118 Å². The van der Waals surface area contributed by atoms with Crippen molar-refractivity contribution in [2.75, 3.05) is 0 Å². The van der Waals surface area contributed by atoms with Crippen LogP contribution in [0.4, 0.5) is 9.18 Å². The number of aryl methyl sites for hydroxylation is 1. The van der Waals surface area contributed by atoms with E-state index in [2.05, 4.69) is 5.32 Å². The van der Waals surface area contributed by atoms with Crippen LogP contribution in [0.2, 0.25) is 0 Å². The molecule has 0 aromatic heterocycles. The van der Waals surface area contributed by atoms with Crippen LogP contribution in [0.25, 0.3) is 0 Å². The number of benzene rings is 1. The summed E-state index contributed by atoms with van der Waals surface area (Å²) in [4.78, 5) is 22.4. The minimum absolute atomic E-state index is 0.0573. The van der Waals surface area contributed by atoms with Crippen molar-refractivity contribution in [3.05, 3.63) is 35.1 Å². The van der Waals surface area contributed by atoms with Gasteiger partial charge in [-0.3, -0.25) is 0 Å². The molecular weight excluding hydrogens is 261 g/mol. The molecule has 1 rings (SSSR count). The Morgan fingerprint density at radius 1 is 1.45 bits per heavy atom. The maximum atomic E-state index is 13.6. The maximum absolute atomic E-state index is 13.6. The average Bonchev–Trinajstić information content (AvgIpc) is 2.30. The molecule has 4 nitrogen and oxygen atoms in total. The normalized spacial score (nSPS) is 12.7. The molecule has 110 valence electrons. The summed E-state index contributed by atoms with van der Waals surface area (Å²) in [6.45, 7) is 6.88. The third-order valence-corrected chi connectivity index (χ3v) is 2.62. The van der Waals surface area contributed by atoms with Crippen LogP contribution in [0.5, 0.6) is 0 Å². The lowest BCUT2D eigenvalue weighted by atomic mass is 10.0. The number of carbonyl (C=O) groups excluding carboxylic acids is 2. The average molecular weight is 281 g/mol. The highest BCUT2D eigenvalue weighted by molar-refractivity contribution is 5.69. The lowest BCUT2D eigenvalue weighted by molar-refractivity contribution is -0.108. The van der Waals surface area contributed by atoms with E-state index in [0.29, 0.717) is 17.4 Å². The molecule has 0 radical (unpaired) electrons. The molecule has 0 fully saturated rings. The van der Waals surface area contributed by atoms with Crippen LogP contribution in [0.3, 0.4) is 0 Å². The minimum atomic E-state index is -0.634. The molecular formula is C15H20FNO3. The van der Waals surface area contributed by atoms with Crippen molar-refractivity contribution in [3.8, 4) is 0 Å². The summed E-state index contributed by atoms with van der Waals surface area (Å²) in [5.74, 6) is -0.371. The molecule has 0 bridgehead atoms. The van der Waals surface area contributed by atoms with Gasteiger partial charge in [0, 0.05) is 6.42 Å². The number of carbonyl (C=O) groups is 2. The van der Waals surface area contributed by atoms with Gasteiger partial charge in [-0.15, -0.1) is 0 Å². The van der Waals surface area contributed by atoms with Gasteiger partial charge in [0.1, 0.15) is 17.7 Å². The SMILES string of the molecule is Cc1ccc([C@H](CC=O)NC(=O)OC(C)(C)C)cc1F. The Morgan fingerprint density at radius 2 is 2.10 bits per heavy atom. The van der Waals surface area contributed by atoms with Crippen molar-refractivity contribution in [1.29, 1.82) is 0 Å². The summed E-state index contributed by atoms with van der Waals surface area (Å²) in [5, 5.41) is 2.58. The van der Waals surface area contributed by atoms with E-state index in [1.54, 1.807) is 39.8 Å². The molecule has 1 N–H and O–H groups in total. The first-order valence-corrected chi connectivity index (χ1v) is 6.42. The van der Waals surface area contributed by atoms with Crippen LogP contribution in [0, 0.1) is 12.7 Å². The van der Waals surface area contributed by atoms with E-state index < -0.39 is 17.7 Å². The summed E-state index contributed by atoms with van der Waals surface area (Å²) in [5.41, 5.74) is 0.413. The fourth-order valence-electron chi connectivity index (χ4n) is 1.65. The smallest absolute Gasteiger partial charge is 0.408 e. The Balaban J connectivity index is 2.85. The molecule has 0 heterocycles. The summed E-state index contributed by atoms with van der Waals surface area (Å²) in [6, 6.07) is 4.02. The van der Waals surface area contributed by atoms with Crippen LogP contribution in [0.1, 0.15) is 44.4 Å². The van der Waals surface area contributed by atoms with E-state index in [4.69, 9.17) is 4.74 Å². The summed E-state index contributed by atoms with van der Waals surface area (Å²) in [6.07, 6.45) is 0.104. The van der Waals surface area contributed by atoms with Crippen LogP contribution >= 0.6 is 0 Å². The van der Waals surface area contributed by atoms with E-state index in [0.717, 1.165) is 0 Å². The third-order valence-electron chi connectivity index (χ3n) is 2.62. The molecule has 1 amide bonds. The first-order chi connectivity index (χ1) is 9.23. The van der Waals surface area contributed by atoms with Gasteiger partial charge in [0.05, 0.1) is 6.04 Å². The number of rotatable bonds is 4. The maximum Gasteiger partial charge on any atom is 0.408 e. The quantitative estimate of drug-likeness (QED) is 0.862. The Kier molecular flexibility index (Phi) is 5.25. The van der Waals surface area contributed by atoms with Gasteiger partial charge in [-0.2, -0.15) is 0 Å². The van der Waals surface area contributed by atoms with E-state index >= 15 is 0 Å². The first-order valence-electron chi connectivity index (χ1n) is 6.42. The monoisotopic (exact) mass is 281 g/mol. The fraction of sp³-hybridized carbons (Fsp3) is 0.467. The topological polar surface area (TPSA) is 55.4 Å². The highest BCUT2D eigenvalue weighted by Gasteiger charge is 2.20. The predicted molar refractivity (Wildman–Crippen MR) is 73.9 cm³/mol. The minimum Gasteiger partial charge on any atom is -0.444 e. The molecule has 0 aliphatic carbocycles. The highest BCUT2D eigenvalue weighted by Crippen LogP contribution is 2.19. The van der Waals surface area contributed by atoms with Crippen molar-refractivity contribution in [1.82, 2.24) is 5.32 Å². The van der Waals surface area contributed by atoms with Gasteiger partial charge >= 0.3 is 6.09 Å². The molecule has 0 saturated carbocycles. The number of hydrogen-bond acceptors (Lipinski definition) is 3. The molecule has 0 aliphatic rings. The van der Waals surface area contributed by atoms with E-state index in [9.17, 15) is 14.0 Å². The summed E-state index contributed by atoms with van der Waals surface area (Å²) >= 11 is 0. The molecule has 0 aliphatic heterocycles. The number of amides is 1. The van der Waals surface area contributed by atoms with Crippen LogP contribution in [-0.4, -0.2) is 18.0 Å². The van der Waals surface area contributed by atoms with Crippen LogP contribution in [-0.2, 0) is 9.53 Å². The van der Waals surface area contributed by atoms with E-state index in [-0.39, 0.29) is 12.2 Å². The van der Waals surface area contributed by atoms with E-state index in [1.807, 2.05) is 0 Å². The van der Waals surface area contributed by atoms with Crippen LogP contribution in [0.15, 0.2) is 18.2 Å². The van der Waals surface area contributed by atoms with Crippen LogP contribution < -0.4 is 5.32 Å². The highest BCUT2D eigenvalue weighted by atomic mass is 19.1. The Morgan fingerprint density at radius 3 is 2.60 bits per heavy atom. The van der Waals surface area contributed by atoms with Gasteiger partial charge in [-0.25, -0.2) is 9.18 Å². The molecule has 0 spiro atoms. The zero-order chi connectivity index (χ0) is 15.3. The zero-order valence-electron chi connectivity index (χ0n) is 12.2. The van der Waals surface area contributed by atoms with Crippen molar-refractivity contribution in [2.24, 2.45) is 0 Å². The fourth-order valence-corrected chi connectivity index (χ4v) is 1.65. The molecule has 1 aromatic carbocycles.